The van der Waals surface area contributed by atoms with Gasteiger partial charge in [-0.2, -0.15) is 15.0 Å². The van der Waals surface area contributed by atoms with Crippen LogP contribution in [-0.2, 0) is 6.54 Å². The average molecular weight is 420 g/mol. The van der Waals surface area contributed by atoms with Gasteiger partial charge in [0.2, 0.25) is 0 Å². The lowest BCUT2D eigenvalue weighted by molar-refractivity contribution is 0.107. The minimum Gasteiger partial charge on any atom is -0.468 e. The minimum atomic E-state index is -0.0254. The van der Waals surface area contributed by atoms with Gasteiger partial charge in [-0.3, -0.25) is 9.47 Å². The molecule has 9 heteroatoms. The fourth-order valence-electron chi connectivity index (χ4n) is 3.89. The molecule has 0 saturated carbocycles. The van der Waals surface area contributed by atoms with Crippen molar-refractivity contribution in [3.8, 4) is 12.0 Å². The van der Waals surface area contributed by atoms with E-state index >= 15 is 0 Å². The maximum absolute atomic E-state index is 6.09. The second-order valence-corrected chi connectivity index (χ2v) is 8.51. The van der Waals surface area contributed by atoms with E-state index in [1.165, 1.54) is 32.6 Å². The second-order valence-electron chi connectivity index (χ2n) is 8.51. The third kappa shape index (κ3) is 5.51. The SMILES string of the molecule is COc1nc2c(N)nc(OC(C)C)nc2n1CCCCCN1CCN(C(C)C)CC1. The number of nitrogens with zero attached hydrogens (tertiary/aromatic N) is 6. The number of nitrogens with two attached hydrogens (primary N) is 1. The fraction of sp³-hybridized carbons (Fsp3) is 0.762. The molecular weight excluding hydrogens is 382 g/mol. The van der Waals surface area contributed by atoms with Gasteiger partial charge in [0.15, 0.2) is 17.0 Å². The highest BCUT2D eigenvalue weighted by Gasteiger charge is 2.19. The zero-order chi connectivity index (χ0) is 21.7. The summed E-state index contributed by atoms with van der Waals surface area (Å²) < 4.78 is 13.1. The smallest absolute Gasteiger partial charge is 0.320 e. The van der Waals surface area contributed by atoms with Crippen LogP contribution in [0.3, 0.4) is 0 Å². The minimum absolute atomic E-state index is 0.0254. The zero-order valence-electron chi connectivity index (χ0n) is 19.1. The second kappa shape index (κ2) is 10.3. The van der Waals surface area contributed by atoms with Crippen molar-refractivity contribution in [1.82, 2.24) is 29.3 Å². The Morgan fingerprint density at radius 1 is 0.933 bits per heavy atom. The maximum Gasteiger partial charge on any atom is 0.320 e. The summed E-state index contributed by atoms with van der Waals surface area (Å²) in [6, 6.07) is 1.44. The normalized spacial score (nSPS) is 16.1. The van der Waals surface area contributed by atoms with Gasteiger partial charge in [0, 0.05) is 38.8 Å². The largest absolute Gasteiger partial charge is 0.468 e. The Kier molecular flexibility index (Phi) is 7.71. The Balaban J connectivity index is 1.54. The summed E-state index contributed by atoms with van der Waals surface area (Å²) in [5.41, 5.74) is 7.31. The maximum atomic E-state index is 6.09. The van der Waals surface area contributed by atoms with Gasteiger partial charge in [-0.1, -0.05) is 6.42 Å². The Labute approximate surface area is 179 Å². The molecule has 168 valence electrons. The molecule has 0 aromatic carbocycles. The highest BCUT2D eigenvalue weighted by atomic mass is 16.5. The number of hydrogen-bond donors (Lipinski definition) is 1. The third-order valence-corrected chi connectivity index (χ3v) is 5.58. The molecule has 0 aliphatic carbocycles. The number of hydrogen-bond acceptors (Lipinski definition) is 8. The molecule has 0 atom stereocenters. The van der Waals surface area contributed by atoms with Gasteiger partial charge in [0.25, 0.3) is 6.01 Å². The summed E-state index contributed by atoms with van der Waals surface area (Å²) in [6.07, 6.45) is 3.33. The van der Waals surface area contributed by atoms with E-state index in [1.54, 1.807) is 7.11 Å². The van der Waals surface area contributed by atoms with Gasteiger partial charge in [0.1, 0.15) is 0 Å². The Bertz CT molecular complexity index is 813. The number of methoxy groups -OCH3 is 1. The molecule has 9 nitrogen and oxygen atoms in total. The molecule has 3 heterocycles. The molecule has 1 saturated heterocycles. The molecule has 0 amide bonds. The summed E-state index contributed by atoms with van der Waals surface area (Å²) >= 11 is 0. The van der Waals surface area contributed by atoms with Crippen molar-refractivity contribution in [3.05, 3.63) is 0 Å². The predicted octanol–water partition coefficient (Wildman–Crippen LogP) is 2.40. The van der Waals surface area contributed by atoms with Crippen molar-refractivity contribution in [1.29, 1.82) is 0 Å². The van der Waals surface area contributed by atoms with E-state index < -0.39 is 0 Å². The number of piperazine rings is 1. The summed E-state index contributed by atoms with van der Waals surface area (Å²) in [6.45, 7) is 15.1. The van der Waals surface area contributed by atoms with Gasteiger partial charge < -0.3 is 20.1 Å². The van der Waals surface area contributed by atoms with Crippen LogP contribution in [-0.4, -0.2) is 81.3 Å². The van der Waals surface area contributed by atoms with Crippen molar-refractivity contribution < 1.29 is 9.47 Å². The Morgan fingerprint density at radius 2 is 1.63 bits per heavy atom. The molecule has 1 aliphatic heterocycles. The van der Waals surface area contributed by atoms with Crippen molar-refractivity contribution in [2.75, 3.05) is 45.6 Å². The first-order valence-corrected chi connectivity index (χ1v) is 11.1. The van der Waals surface area contributed by atoms with Crippen LogP contribution >= 0.6 is 0 Å². The Morgan fingerprint density at radius 3 is 2.27 bits per heavy atom. The standard InChI is InChI=1S/C21H37N7O2/c1-15(2)27-13-11-26(12-14-27)9-7-6-8-10-28-19-17(23-21(28)29-5)18(22)24-20(25-19)30-16(3)4/h15-16H,6-14H2,1-5H3,(H2,22,24,25). The number of anilines is 1. The van der Waals surface area contributed by atoms with E-state index in [1.807, 2.05) is 18.4 Å². The van der Waals surface area contributed by atoms with E-state index in [9.17, 15) is 0 Å². The molecule has 0 unspecified atom stereocenters. The summed E-state index contributed by atoms with van der Waals surface area (Å²) in [5.74, 6) is 0.313. The molecule has 30 heavy (non-hydrogen) atoms. The van der Waals surface area contributed by atoms with E-state index in [4.69, 9.17) is 15.2 Å². The lowest BCUT2D eigenvalue weighted by Crippen LogP contribution is -2.48. The lowest BCUT2D eigenvalue weighted by Gasteiger charge is -2.36. The fourth-order valence-corrected chi connectivity index (χ4v) is 3.89. The molecule has 0 spiro atoms. The zero-order valence-corrected chi connectivity index (χ0v) is 19.1. The summed E-state index contributed by atoms with van der Waals surface area (Å²) in [4.78, 5) is 18.3. The van der Waals surface area contributed by atoms with Crippen molar-refractivity contribution >= 4 is 17.0 Å². The van der Waals surface area contributed by atoms with Crippen LogP contribution in [0.4, 0.5) is 5.82 Å². The number of rotatable bonds is 10. The first-order chi connectivity index (χ1) is 14.4. The topological polar surface area (TPSA) is 94.6 Å². The lowest BCUT2D eigenvalue weighted by atomic mass is 10.2. The van der Waals surface area contributed by atoms with E-state index in [-0.39, 0.29) is 12.1 Å². The summed E-state index contributed by atoms with van der Waals surface area (Å²) in [7, 11) is 1.61. The van der Waals surface area contributed by atoms with E-state index in [2.05, 4.69) is 38.6 Å². The number of unbranched alkanes of at least 4 members (excludes halogenated alkanes) is 2. The number of nitrogen functional groups attached to an aromatic ring is 1. The summed E-state index contributed by atoms with van der Waals surface area (Å²) in [5, 5.41) is 0. The predicted molar refractivity (Wildman–Crippen MR) is 119 cm³/mol. The first-order valence-electron chi connectivity index (χ1n) is 11.1. The third-order valence-electron chi connectivity index (χ3n) is 5.58. The van der Waals surface area contributed by atoms with Crippen LogP contribution in [0, 0.1) is 0 Å². The highest BCUT2D eigenvalue weighted by Crippen LogP contribution is 2.26. The van der Waals surface area contributed by atoms with E-state index in [0.717, 1.165) is 25.9 Å². The van der Waals surface area contributed by atoms with Crippen molar-refractivity contribution in [2.45, 2.75) is 65.6 Å². The number of ether oxygens (including phenoxy) is 2. The molecule has 0 radical (unpaired) electrons. The van der Waals surface area contributed by atoms with Crippen LogP contribution < -0.4 is 15.2 Å². The Hall–Kier alpha value is -2.13. The van der Waals surface area contributed by atoms with Crippen LogP contribution in [0.5, 0.6) is 12.0 Å². The monoisotopic (exact) mass is 419 g/mol. The van der Waals surface area contributed by atoms with Gasteiger partial charge in [0.05, 0.1) is 13.2 Å². The molecule has 1 fully saturated rings. The average Bonchev–Trinajstić information content (AvgIpc) is 3.06. The number of aromatic nitrogens is 4. The van der Waals surface area contributed by atoms with Gasteiger partial charge in [-0.25, -0.2) is 0 Å². The first kappa shape index (κ1) is 22.6. The molecule has 2 N–H and O–H groups in total. The van der Waals surface area contributed by atoms with Gasteiger partial charge >= 0.3 is 6.01 Å². The molecule has 2 aromatic rings. The number of fused-ring (bicyclic) bond motifs is 1. The molecule has 1 aliphatic rings. The molecule has 2 aromatic heterocycles. The van der Waals surface area contributed by atoms with Crippen LogP contribution in [0.2, 0.25) is 0 Å². The van der Waals surface area contributed by atoms with E-state index in [0.29, 0.717) is 29.0 Å². The number of imidazole rings is 1. The molecule has 0 bridgehead atoms. The van der Waals surface area contributed by atoms with Crippen molar-refractivity contribution in [2.24, 2.45) is 0 Å². The highest BCUT2D eigenvalue weighted by molar-refractivity contribution is 5.83. The van der Waals surface area contributed by atoms with Crippen LogP contribution in [0.15, 0.2) is 0 Å². The van der Waals surface area contributed by atoms with Gasteiger partial charge in [-0.15, -0.1) is 0 Å². The van der Waals surface area contributed by atoms with Crippen LogP contribution in [0.1, 0.15) is 47.0 Å². The van der Waals surface area contributed by atoms with Crippen molar-refractivity contribution in [3.63, 3.8) is 0 Å². The number of aryl methyl sites for hydroxylation is 1. The molecular formula is C21H37N7O2. The van der Waals surface area contributed by atoms with Gasteiger partial charge in [-0.05, 0) is 47.1 Å². The van der Waals surface area contributed by atoms with Crippen LogP contribution in [0.25, 0.3) is 11.2 Å². The molecule has 3 rings (SSSR count). The quantitative estimate of drug-likeness (QED) is 0.587.